The number of aromatic hydroxyl groups is 1. The molecule has 0 saturated carbocycles. The highest BCUT2D eigenvalue weighted by Crippen LogP contribution is 2.33. The standard InChI is InChI=1S/C24H32N2O5/c1-29-21-11-17-7-10-26(14-18(17)12-22(21)30-2)15-19-13-20(27)24(28)23(31-19)16-25-8-5-3-4-6-9-25/h11-13,28H,3-10,14-16H2,1-2H3. The zero-order chi connectivity index (χ0) is 21.8. The van der Waals surface area contributed by atoms with Crippen LogP contribution in [0.25, 0.3) is 0 Å². The molecule has 1 N–H and O–H groups in total. The van der Waals surface area contributed by atoms with Gasteiger partial charge in [-0.1, -0.05) is 12.8 Å². The smallest absolute Gasteiger partial charge is 0.227 e. The Bertz CT molecular complexity index is 963. The molecule has 31 heavy (non-hydrogen) atoms. The maximum absolute atomic E-state index is 12.4. The normalized spacial score (nSPS) is 17.7. The van der Waals surface area contributed by atoms with Gasteiger partial charge in [-0.3, -0.25) is 14.6 Å². The lowest BCUT2D eigenvalue weighted by Crippen LogP contribution is -2.30. The van der Waals surface area contributed by atoms with E-state index in [-0.39, 0.29) is 11.2 Å². The van der Waals surface area contributed by atoms with Gasteiger partial charge in [-0.15, -0.1) is 0 Å². The van der Waals surface area contributed by atoms with Crippen LogP contribution in [-0.2, 0) is 26.1 Å². The molecular formula is C24H32N2O5. The first kappa shape index (κ1) is 21.7. The van der Waals surface area contributed by atoms with Gasteiger partial charge in [0.05, 0.1) is 27.3 Å². The molecule has 168 valence electrons. The molecule has 2 aromatic rings. The van der Waals surface area contributed by atoms with E-state index in [1.807, 2.05) is 12.1 Å². The minimum absolute atomic E-state index is 0.256. The summed E-state index contributed by atoms with van der Waals surface area (Å²) in [5.41, 5.74) is 2.08. The van der Waals surface area contributed by atoms with Gasteiger partial charge in [-0.05, 0) is 55.6 Å². The van der Waals surface area contributed by atoms with Crippen LogP contribution in [0.4, 0.5) is 0 Å². The lowest BCUT2D eigenvalue weighted by molar-refractivity contribution is 0.203. The van der Waals surface area contributed by atoms with Gasteiger partial charge >= 0.3 is 0 Å². The average molecular weight is 429 g/mol. The fourth-order valence-corrected chi connectivity index (χ4v) is 4.57. The van der Waals surface area contributed by atoms with E-state index in [9.17, 15) is 9.90 Å². The second kappa shape index (κ2) is 9.75. The third-order valence-corrected chi connectivity index (χ3v) is 6.29. The van der Waals surface area contributed by atoms with Crippen LogP contribution in [0, 0.1) is 0 Å². The second-order valence-corrected chi connectivity index (χ2v) is 8.48. The van der Waals surface area contributed by atoms with E-state index >= 15 is 0 Å². The maximum Gasteiger partial charge on any atom is 0.227 e. The highest BCUT2D eigenvalue weighted by molar-refractivity contribution is 5.48. The van der Waals surface area contributed by atoms with Crippen molar-refractivity contribution in [1.82, 2.24) is 9.80 Å². The van der Waals surface area contributed by atoms with Gasteiger partial charge in [0.25, 0.3) is 0 Å². The largest absolute Gasteiger partial charge is 0.502 e. The van der Waals surface area contributed by atoms with Crippen LogP contribution in [0.15, 0.2) is 27.4 Å². The summed E-state index contributed by atoms with van der Waals surface area (Å²) >= 11 is 0. The number of methoxy groups -OCH3 is 2. The fourth-order valence-electron chi connectivity index (χ4n) is 4.57. The number of benzene rings is 1. The molecule has 4 rings (SSSR count). The first-order chi connectivity index (χ1) is 15.1. The zero-order valence-electron chi connectivity index (χ0n) is 18.5. The van der Waals surface area contributed by atoms with Crippen molar-refractivity contribution in [3.63, 3.8) is 0 Å². The topological polar surface area (TPSA) is 75.4 Å². The minimum atomic E-state index is -0.366. The third-order valence-electron chi connectivity index (χ3n) is 6.29. The third kappa shape index (κ3) is 5.05. The lowest BCUT2D eigenvalue weighted by Gasteiger charge is -2.29. The summed E-state index contributed by atoms with van der Waals surface area (Å²) in [4.78, 5) is 16.9. The molecule has 1 aromatic carbocycles. The van der Waals surface area contributed by atoms with E-state index in [0.717, 1.165) is 56.9 Å². The molecular weight excluding hydrogens is 396 g/mol. The quantitative estimate of drug-likeness (QED) is 0.757. The van der Waals surface area contributed by atoms with Crippen molar-refractivity contribution in [3.05, 3.63) is 51.1 Å². The van der Waals surface area contributed by atoms with Crippen molar-refractivity contribution in [2.75, 3.05) is 33.9 Å². The summed E-state index contributed by atoms with van der Waals surface area (Å²) in [5.74, 6) is 2.19. The molecule has 0 unspecified atom stereocenters. The molecule has 1 saturated heterocycles. The van der Waals surface area contributed by atoms with Crippen LogP contribution in [0.3, 0.4) is 0 Å². The number of nitrogens with zero attached hydrogens (tertiary/aromatic N) is 2. The van der Waals surface area contributed by atoms with Crippen molar-refractivity contribution >= 4 is 0 Å². The molecule has 7 nitrogen and oxygen atoms in total. The van der Waals surface area contributed by atoms with Gasteiger partial charge in [-0.2, -0.15) is 0 Å². The molecule has 1 fully saturated rings. The van der Waals surface area contributed by atoms with Gasteiger partial charge in [0, 0.05) is 19.2 Å². The van der Waals surface area contributed by atoms with Gasteiger partial charge < -0.3 is 19.0 Å². The van der Waals surface area contributed by atoms with E-state index in [4.69, 9.17) is 13.9 Å². The Morgan fingerprint density at radius 3 is 2.26 bits per heavy atom. The number of ether oxygens (including phenoxy) is 2. The Hall–Kier alpha value is -2.51. The summed E-state index contributed by atoms with van der Waals surface area (Å²) < 4.78 is 16.9. The number of hydrogen-bond acceptors (Lipinski definition) is 7. The predicted octanol–water partition coefficient (Wildman–Crippen LogP) is 3.30. The van der Waals surface area contributed by atoms with Crippen molar-refractivity contribution in [2.24, 2.45) is 0 Å². The lowest BCUT2D eigenvalue weighted by atomic mass is 9.98. The molecule has 2 aliphatic rings. The van der Waals surface area contributed by atoms with Crippen molar-refractivity contribution in [2.45, 2.75) is 51.7 Å². The number of rotatable bonds is 6. The van der Waals surface area contributed by atoms with Crippen LogP contribution in [0.5, 0.6) is 17.2 Å². The van der Waals surface area contributed by atoms with Gasteiger partial charge in [-0.25, -0.2) is 0 Å². The molecule has 7 heteroatoms. The first-order valence-corrected chi connectivity index (χ1v) is 11.1. The molecule has 1 aromatic heterocycles. The highest BCUT2D eigenvalue weighted by atomic mass is 16.5. The van der Waals surface area contributed by atoms with E-state index in [1.165, 1.54) is 30.0 Å². The first-order valence-electron chi connectivity index (χ1n) is 11.1. The molecule has 0 atom stereocenters. The summed E-state index contributed by atoms with van der Waals surface area (Å²) in [6.07, 6.45) is 5.65. The van der Waals surface area contributed by atoms with Crippen molar-refractivity contribution < 1.29 is 19.0 Å². The maximum atomic E-state index is 12.4. The van der Waals surface area contributed by atoms with Crippen LogP contribution in [0.2, 0.25) is 0 Å². The number of likely N-dealkylation sites (tertiary alicyclic amines) is 1. The fraction of sp³-hybridized carbons (Fsp3) is 0.542. The Morgan fingerprint density at radius 1 is 0.903 bits per heavy atom. The predicted molar refractivity (Wildman–Crippen MR) is 118 cm³/mol. The summed E-state index contributed by atoms with van der Waals surface area (Å²) in [6.45, 7) is 4.55. The monoisotopic (exact) mass is 428 g/mol. The highest BCUT2D eigenvalue weighted by Gasteiger charge is 2.22. The number of hydrogen-bond donors (Lipinski definition) is 1. The zero-order valence-corrected chi connectivity index (χ0v) is 18.5. The molecule has 0 aliphatic carbocycles. The molecule has 0 amide bonds. The summed E-state index contributed by atoms with van der Waals surface area (Å²) in [5, 5.41) is 10.3. The molecule has 0 spiro atoms. The van der Waals surface area contributed by atoms with Crippen LogP contribution in [0.1, 0.15) is 48.3 Å². The molecule has 0 bridgehead atoms. The molecule has 3 heterocycles. The minimum Gasteiger partial charge on any atom is -0.502 e. The second-order valence-electron chi connectivity index (χ2n) is 8.48. The van der Waals surface area contributed by atoms with E-state index in [2.05, 4.69) is 9.80 Å². The van der Waals surface area contributed by atoms with Crippen molar-refractivity contribution in [3.8, 4) is 17.2 Å². The van der Waals surface area contributed by atoms with Gasteiger partial charge in [0.15, 0.2) is 17.3 Å². The Kier molecular flexibility index (Phi) is 6.83. The van der Waals surface area contributed by atoms with E-state index in [0.29, 0.717) is 24.6 Å². The summed E-state index contributed by atoms with van der Waals surface area (Å²) in [7, 11) is 3.29. The van der Waals surface area contributed by atoms with E-state index < -0.39 is 0 Å². The Morgan fingerprint density at radius 2 is 1.58 bits per heavy atom. The number of fused-ring (bicyclic) bond motifs is 1. The Balaban J connectivity index is 1.49. The summed E-state index contributed by atoms with van der Waals surface area (Å²) in [6, 6.07) is 5.49. The average Bonchev–Trinajstić information content (AvgIpc) is 3.04. The van der Waals surface area contributed by atoms with Crippen LogP contribution in [-0.4, -0.2) is 48.8 Å². The van der Waals surface area contributed by atoms with Gasteiger partial charge in [0.1, 0.15) is 5.76 Å². The van der Waals surface area contributed by atoms with Crippen LogP contribution >= 0.6 is 0 Å². The van der Waals surface area contributed by atoms with E-state index in [1.54, 1.807) is 14.2 Å². The molecule has 2 aliphatic heterocycles. The van der Waals surface area contributed by atoms with Crippen molar-refractivity contribution in [1.29, 1.82) is 0 Å². The van der Waals surface area contributed by atoms with Gasteiger partial charge in [0.2, 0.25) is 11.2 Å². The SMILES string of the molecule is COc1cc2c(cc1OC)CN(Cc1cc(=O)c(O)c(CN3CCCCCC3)o1)CC2. The van der Waals surface area contributed by atoms with Crippen LogP contribution < -0.4 is 14.9 Å². The Labute approximate surface area is 183 Å². The molecule has 0 radical (unpaired) electrons.